The molecule has 0 radical (unpaired) electrons. The van der Waals surface area contributed by atoms with Crippen molar-refractivity contribution in [3.8, 4) is 11.5 Å². The first-order valence-electron chi connectivity index (χ1n) is 8.34. The first-order chi connectivity index (χ1) is 12.2. The Balaban J connectivity index is 2.18. The number of hydrogen-bond donors (Lipinski definition) is 2. The van der Waals surface area contributed by atoms with Crippen molar-refractivity contribution in [3.63, 3.8) is 0 Å². The van der Waals surface area contributed by atoms with Crippen LogP contribution >= 0.6 is 0 Å². The number of nitrogens with zero attached hydrogens (tertiary/aromatic N) is 1. The van der Waals surface area contributed by atoms with Gasteiger partial charge < -0.3 is 24.3 Å². The van der Waals surface area contributed by atoms with Crippen molar-refractivity contribution in [3.05, 3.63) is 58.0 Å². The number of aliphatic hydroxyl groups excluding tert-OH is 1. The fraction of sp³-hybridized carbons (Fsp3) is 0.368. The van der Waals surface area contributed by atoms with E-state index in [4.69, 9.17) is 9.47 Å². The Morgan fingerprint density at radius 1 is 1.31 bits per heavy atom. The number of pyridine rings is 1. The van der Waals surface area contributed by atoms with E-state index in [1.54, 1.807) is 39.0 Å². The van der Waals surface area contributed by atoms with E-state index in [0.29, 0.717) is 16.9 Å². The molecule has 0 fully saturated rings. The maximum atomic E-state index is 12.4. The SMILES string of the molecule is CCOC(=O)c1ccc2c(c1)C(n1ccc(O)cc1=O)C(O)C(C)(C)O2. The normalized spacial score (nSPS) is 20.8. The summed E-state index contributed by atoms with van der Waals surface area (Å²) in [7, 11) is 0. The van der Waals surface area contributed by atoms with E-state index in [-0.39, 0.29) is 12.4 Å². The molecule has 3 rings (SSSR count). The summed E-state index contributed by atoms with van der Waals surface area (Å²) < 4.78 is 12.2. The molecule has 0 amide bonds. The molecule has 1 aromatic carbocycles. The van der Waals surface area contributed by atoms with Crippen molar-refractivity contribution in [2.75, 3.05) is 6.61 Å². The van der Waals surface area contributed by atoms with E-state index in [0.717, 1.165) is 6.07 Å². The Morgan fingerprint density at radius 2 is 2.04 bits per heavy atom. The van der Waals surface area contributed by atoms with Crippen LogP contribution in [0.3, 0.4) is 0 Å². The standard InChI is InChI=1S/C19H21NO6/c1-4-25-18(24)11-5-6-14-13(9-11)16(17(23)19(2,3)26-14)20-8-7-12(21)10-15(20)22/h5-10,16-17,21,23H,4H2,1-3H3. The fourth-order valence-electron chi connectivity index (χ4n) is 3.12. The summed E-state index contributed by atoms with van der Waals surface area (Å²) in [5.41, 5.74) is -0.632. The second kappa shape index (κ2) is 6.49. The van der Waals surface area contributed by atoms with Gasteiger partial charge in [-0.25, -0.2) is 4.79 Å². The number of hydrogen-bond acceptors (Lipinski definition) is 6. The molecule has 0 saturated carbocycles. The molecule has 0 aliphatic carbocycles. The summed E-state index contributed by atoms with van der Waals surface area (Å²) in [6, 6.07) is 6.44. The molecule has 2 unspecified atom stereocenters. The highest BCUT2D eigenvalue weighted by Gasteiger charge is 2.44. The Bertz CT molecular complexity index is 901. The summed E-state index contributed by atoms with van der Waals surface area (Å²) in [5.74, 6) is -0.183. The predicted octanol–water partition coefficient (Wildman–Crippen LogP) is 1.85. The number of ether oxygens (including phenoxy) is 2. The number of esters is 1. The predicted molar refractivity (Wildman–Crippen MR) is 93.6 cm³/mol. The maximum Gasteiger partial charge on any atom is 0.338 e. The van der Waals surface area contributed by atoms with Crippen LogP contribution in [-0.4, -0.2) is 39.1 Å². The molecule has 1 aliphatic rings. The van der Waals surface area contributed by atoms with E-state index in [1.807, 2.05) is 0 Å². The van der Waals surface area contributed by atoms with Crippen molar-refractivity contribution in [1.29, 1.82) is 0 Å². The lowest BCUT2D eigenvalue weighted by molar-refractivity contribution is -0.0643. The third-order valence-corrected chi connectivity index (χ3v) is 4.46. The van der Waals surface area contributed by atoms with Crippen LogP contribution in [0, 0.1) is 0 Å². The summed E-state index contributed by atoms with van der Waals surface area (Å²) in [5, 5.41) is 20.4. The minimum atomic E-state index is -1.06. The van der Waals surface area contributed by atoms with Crippen molar-refractivity contribution < 1.29 is 24.5 Å². The lowest BCUT2D eigenvalue weighted by atomic mass is 9.85. The van der Waals surface area contributed by atoms with E-state index in [9.17, 15) is 19.8 Å². The smallest absolute Gasteiger partial charge is 0.338 e. The molecule has 138 valence electrons. The van der Waals surface area contributed by atoms with Gasteiger partial charge >= 0.3 is 5.97 Å². The summed E-state index contributed by atoms with van der Waals surface area (Å²) in [6.45, 7) is 5.39. The molecular formula is C19H21NO6. The number of aliphatic hydroxyl groups is 1. The lowest BCUT2D eigenvalue weighted by Gasteiger charge is -2.42. The summed E-state index contributed by atoms with van der Waals surface area (Å²) >= 11 is 0. The third kappa shape index (κ3) is 3.06. The third-order valence-electron chi connectivity index (χ3n) is 4.46. The van der Waals surface area contributed by atoms with Gasteiger partial charge in [0.1, 0.15) is 23.2 Å². The van der Waals surface area contributed by atoms with Crippen LogP contribution in [0.25, 0.3) is 0 Å². The summed E-state index contributed by atoms with van der Waals surface area (Å²) in [4.78, 5) is 24.5. The van der Waals surface area contributed by atoms with Crippen LogP contribution in [0.1, 0.15) is 42.7 Å². The zero-order chi connectivity index (χ0) is 19.1. The minimum absolute atomic E-state index is 0.160. The molecule has 1 aromatic heterocycles. The molecule has 2 aromatic rings. The van der Waals surface area contributed by atoms with Crippen molar-refractivity contribution >= 4 is 5.97 Å². The Hall–Kier alpha value is -2.80. The van der Waals surface area contributed by atoms with E-state index >= 15 is 0 Å². The Morgan fingerprint density at radius 3 is 2.69 bits per heavy atom. The van der Waals surface area contributed by atoms with E-state index < -0.39 is 29.3 Å². The topological polar surface area (TPSA) is 98.0 Å². The number of rotatable bonds is 3. The molecule has 1 aliphatic heterocycles. The number of carbonyl (C=O) groups excluding carboxylic acids is 1. The van der Waals surface area contributed by atoms with Crippen LogP contribution in [0.15, 0.2) is 41.3 Å². The van der Waals surface area contributed by atoms with Gasteiger partial charge in [0, 0.05) is 17.8 Å². The first-order valence-corrected chi connectivity index (χ1v) is 8.34. The van der Waals surface area contributed by atoms with Crippen molar-refractivity contribution in [2.45, 2.75) is 38.5 Å². The second-order valence-electron chi connectivity index (χ2n) is 6.70. The molecule has 7 heteroatoms. The molecule has 0 bridgehead atoms. The summed E-state index contributed by atoms with van der Waals surface area (Å²) in [6.07, 6.45) is 0.350. The zero-order valence-corrected chi connectivity index (χ0v) is 14.8. The van der Waals surface area contributed by atoms with Crippen LogP contribution < -0.4 is 10.3 Å². The van der Waals surface area contributed by atoms with Gasteiger partial charge in [-0.05, 0) is 45.0 Å². The molecule has 0 spiro atoms. The molecule has 7 nitrogen and oxygen atoms in total. The highest BCUT2D eigenvalue weighted by Crippen LogP contribution is 2.41. The van der Waals surface area contributed by atoms with Crippen molar-refractivity contribution in [1.82, 2.24) is 4.57 Å². The number of aromatic hydroxyl groups is 1. The quantitative estimate of drug-likeness (QED) is 0.812. The average Bonchev–Trinajstić information content (AvgIpc) is 2.57. The van der Waals surface area contributed by atoms with Crippen LogP contribution in [0.2, 0.25) is 0 Å². The van der Waals surface area contributed by atoms with Gasteiger partial charge in [0.2, 0.25) is 0 Å². The fourth-order valence-corrected chi connectivity index (χ4v) is 3.12. The molecule has 2 heterocycles. The lowest BCUT2D eigenvalue weighted by Crippen LogP contribution is -2.52. The van der Waals surface area contributed by atoms with Crippen LogP contribution in [-0.2, 0) is 4.74 Å². The maximum absolute atomic E-state index is 12.4. The molecular weight excluding hydrogens is 338 g/mol. The second-order valence-corrected chi connectivity index (χ2v) is 6.70. The Labute approximate surface area is 150 Å². The molecule has 2 atom stereocenters. The zero-order valence-electron chi connectivity index (χ0n) is 14.8. The number of fused-ring (bicyclic) bond motifs is 1. The average molecular weight is 359 g/mol. The number of carbonyl (C=O) groups is 1. The minimum Gasteiger partial charge on any atom is -0.508 e. The van der Waals surface area contributed by atoms with Gasteiger partial charge in [0.25, 0.3) is 5.56 Å². The Kier molecular flexibility index (Phi) is 4.50. The van der Waals surface area contributed by atoms with Crippen molar-refractivity contribution in [2.24, 2.45) is 0 Å². The molecule has 0 saturated heterocycles. The highest BCUT2D eigenvalue weighted by molar-refractivity contribution is 5.90. The number of benzene rings is 1. The van der Waals surface area contributed by atoms with Gasteiger partial charge in [-0.1, -0.05) is 0 Å². The monoisotopic (exact) mass is 359 g/mol. The first kappa shape index (κ1) is 18.0. The van der Waals surface area contributed by atoms with Gasteiger partial charge in [-0.3, -0.25) is 4.79 Å². The van der Waals surface area contributed by atoms with Gasteiger partial charge in [0.05, 0.1) is 18.2 Å². The van der Waals surface area contributed by atoms with E-state index in [1.165, 1.54) is 16.8 Å². The largest absolute Gasteiger partial charge is 0.508 e. The number of aromatic nitrogens is 1. The molecule has 26 heavy (non-hydrogen) atoms. The highest BCUT2D eigenvalue weighted by atomic mass is 16.5. The van der Waals surface area contributed by atoms with Gasteiger partial charge in [0.15, 0.2) is 0 Å². The van der Waals surface area contributed by atoms with Gasteiger partial charge in [-0.15, -0.1) is 0 Å². The van der Waals surface area contributed by atoms with Crippen LogP contribution in [0.5, 0.6) is 11.5 Å². The van der Waals surface area contributed by atoms with E-state index in [2.05, 4.69) is 0 Å². The van der Waals surface area contributed by atoms with Crippen LogP contribution in [0.4, 0.5) is 0 Å². The molecule has 2 N–H and O–H groups in total. The van der Waals surface area contributed by atoms with Gasteiger partial charge in [-0.2, -0.15) is 0 Å².